The molecule has 0 aliphatic carbocycles. The van der Waals surface area contributed by atoms with E-state index in [0.717, 1.165) is 0 Å². The Bertz CT molecular complexity index is 508. The number of anilines is 1. The summed E-state index contributed by atoms with van der Waals surface area (Å²) in [7, 11) is 0. The van der Waals surface area contributed by atoms with Crippen molar-refractivity contribution in [3.63, 3.8) is 0 Å². The van der Waals surface area contributed by atoms with Crippen LogP contribution in [0.15, 0.2) is 22.9 Å². The van der Waals surface area contributed by atoms with Crippen LogP contribution in [0.25, 0.3) is 11.5 Å². The van der Waals surface area contributed by atoms with Gasteiger partial charge in [-0.15, -0.1) is 0 Å². The highest BCUT2D eigenvalue weighted by Crippen LogP contribution is 2.17. The first-order valence-electron chi connectivity index (χ1n) is 3.96. The number of aromatic carboxylic acids is 1. The van der Waals surface area contributed by atoms with Gasteiger partial charge in [-0.05, 0) is 17.3 Å². The third kappa shape index (κ3) is 1.75. The summed E-state index contributed by atoms with van der Waals surface area (Å²) < 4.78 is 4.74. The summed E-state index contributed by atoms with van der Waals surface area (Å²) in [5, 5.41) is 11.9. The Morgan fingerprint density at radius 3 is 2.93 bits per heavy atom. The molecule has 15 heavy (non-hydrogen) atoms. The van der Waals surface area contributed by atoms with E-state index in [-0.39, 0.29) is 11.7 Å². The van der Waals surface area contributed by atoms with Gasteiger partial charge in [0.15, 0.2) is 0 Å². The van der Waals surface area contributed by atoms with Crippen LogP contribution in [-0.4, -0.2) is 26.2 Å². The lowest BCUT2D eigenvalue weighted by Crippen LogP contribution is -1.98. The minimum Gasteiger partial charge on any atom is -0.475 e. The van der Waals surface area contributed by atoms with Gasteiger partial charge < -0.3 is 15.4 Å². The number of nitrogens with zero attached hydrogens (tertiary/aromatic N) is 3. The molecule has 2 aromatic heterocycles. The number of nitrogens with two attached hydrogens (primary N) is 1. The Kier molecular flexibility index (Phi) is 2.05. The molecule has 2 heterocycles. The third-order valence-corrected chi connectivity index (χ3v) is 1.65. The van der Waals surface area contributed by atoms with Crippen molar-refractivity contribution in [2.24, 2.45) is 0 Å². The van der Waals surface area contributed by atoms with E-state index < -0.39 is 5.97 Å². The van der Waals surface area contributed by atoms with Gasteiger partial charge in [0.2, 0.25) is 0 Å². The zero-order valence-corrected chi connectivity index (χ0v) is 7.41. The Morgan fingerprint density at radius 1 is 1.53 bits per heavy atom. The zero-order chi connectivity index (χ0) is 10.8. The molecule has 2 rings (SSSR count). The van der Waals surface area contributed by atoms with Crippen LogP contribution < -0.4 is 5.73 Å². The summed E-state index contributed by atoms with van der Waals surface area (Å²) in [4.78, 5) is 17.9. The van der Waals surface area contributed by atoms with Crippen molar-refractivity contribution in [1.29, 1.82) is 0 Å². The number of carboxylic acid groups (broad SMARTS) is 1. The maximum Gasteiger partial charge on any atom is 0.377 e. The van der Waals surface area contributed by atoms with Crippen LogP contribution >= 0.6 is 0 Å². The average molecular weight is 206 g/mol. The molecule has 0 bridgehead atoms. The van der Waals surface area contributed by atoms with Crippen LogP contribution in [-0.2, 0) is 0 Å². The molecular formula is C8H6N4O3. The average Bonchev–Trinajstić information content (AvgIpc) is 2.66. The fraction of sp³-hybridized carbons (Fsp3) is 0. The number of rotatable bonds is 2. The number of hydrogen-bond donors (Lipinski definition) is 2. The van der Waals surface area contributed by atoms with Gasteiger partial charge in [-0.25, -0.2) is 9.78 Å². The highest BCUT2D eigenvalue weighted by atomic mass is 16.5. The molecule has 7 nitrogen and oxygen atoms in total. The van der Waals surface area contributed by atoms with Crippen molar-refractivity contribution in [1.82, 2.24) is 15.1 Å². The van der Waals surface area contributed by atoms with Gasteiger partial charge in [0.25, 0.3) is 11.7 Å². The lowest BCUT2D eigenvalue weighted by molar-refractivity contribution is 0.0680. The summed E-state index contributed by atoms with van der Waals surface area (Å²) in [6.07, 6.45) is 1.47. The quantitative estimate of drug-likeness (QED) is 0.730. The monoisotopic (exact) mass is 206 g/mol. The van der Waals surface area contributed by atoms with Gasteiger partial charge in [0, 0.05) is 11.8 Å². The number of carboxylic acids is 1. The number of carbonyl (C=O) groups is 1. The minimum atomic E-state index is -1.24. The van der Waals surface area contributed by atoms with Crippen LogP contribution in [0, 0.1) is 0 Å². The lowest BCUT2D eigenvalue weighted by Gasteiger charge is -1.93. The van der Waals surface area contributed by atoms with Crippen molar-refractivity contribution in [3.8, 4) is 11.5 Å². The maximum absolute atomic E-state index is 10.5. The summed E-state index contributed by atoms with van der Waals surface area (Å²) >= 11 is 0. The van der Waals surface area contributed by atoms with E-state index in [2.05, 4.69) is 15.1 Å². The first-order valence-corrected chi connectivity index (χ1v) is 3.96. The normalized spacial score (nSPS) is 10.1. The molecule has 0 saturated carbocycles. The van der Waals surface area contributed by atoms with E-state index in [1.54, 1.807) is 6.07 Å². The number of pyridine rings is 1. The fourth-order valence-electron chi connectivity index (χ4n) is 1.01. The smallest absolute Gasteiger partial charge is 0.377 e. The van der Waals surface area contributed by atoms with Crippen LogP contribution in [0.5, 0.6) is 0 Å². The molecule has 0 fully saturated rings. The molecule has 0 aliphatic rings. The largest absolute Gasteiger partial charge is 0.475 e. The summed E-state index contributed by atoms with van der Waals surface area (Å²) in [5.41, 5.74) is 5.98. The molecule has 7 heteroatoms. The van der Waals surface area contributed by atoms with Crippen molar-refractivity contribution in [2.45, 2.75) is 0 Å². The van der Waals surface area contributed by atoms with Gasteiger partial charge in [-0.1, -0.05) is 0 Å². The Labute approximate surface area is 83.6 Å². The first-order chi connectivity index (χ1) is 7.16. The van der Waals surface area contributed by atoms with E-state index in [4.69, 9.17) is 15.4 Å². The molecule has 0 radical (unpaired) electrons. The van der Waals surface area contributed by atoms with E-state index in [0.29, 0.717) is 11.4 Å². The van der Waals surface area contributed by atoms with Crippen molar-refractivity contribution in [2.75, 3.05) is 5.73 Å². The highest BCUT2D eigenvalue weighted by molar-refractivity contribution is 5.83. The lowest BCUT2D eigenvalue weighted by atomic mass is 10.2. The second kappa shape index (κ2) is 3.37. The van der Waals surface area contributed by atoms with Gasteiger partial charge in [-0.2, -0.15) is 4.98 Å². The standard InChI is InChI=1S/C8H6N4O3/c9-5-3-4(1-2-10-5)7-11-6(8(13)14)12-15-7/h1-3H,(H2,9,10)(H,13,14). The highest BCUT2D eigenvalue weighted by Gasteiger charge is 2.14. The van der Waals surface area contributed by atoms with Gasteiger partial charge in [0.1, 0.15) is 5.82 Å². The summed E-state index contributed by atoms with van der Waals surface area (Å²) in [6, 6.07) is 3.11. The van der Waals surface area contributed by atoms with Crippen molar-refractivity contribution >= 4 is 11.8 Å². The summed E-state index contributed by atoms with van der Waals surface area (Å²) in [5.74, 6) is -1.24. The van der Waals surface area contributed by atoms with E-state index in [1.165, 1.54) is 12.3 Å². The predicted octanol–water partition coefficient (Wildman–Crippen LogP) is 0.412. The predicted molar refractivity (Wildman–Crippen MR) is 48.9 cm³/mol. The molecular weight excluding hydrogens is 200 g/mol. The van der Waals surface area contributed by atoms with E-state index >= 15 is 0 Å². The number of hydrogen-bond acceptors (Lipinski definition) is 6. The third-order valence-electron chi connectivity index (χ3n) is 1.65. The molecule has 0 aliphatic heterocycles. The van der Waals surface area contributed by atoms with E-state index in [1.807, 2.05) is 0 Å². The molecule has 2 aromatic rings. The molecule has 3 N–H and O–H groups in total. The van der Waals surface area contributed by atoms with Gasteiger partial charge >= 0.3 is 5.97 Å². The molecule has 0 atom stereocenters. The number of aromatic nitrogens is 3. The first kappa shape index (κ1) is 9.13. The Hall–Kier alpha value is -2.44. The SMILES string of the molecule is Nc1cc(-c2nc(C(=O)O)no2)ccn1. The topological polar surface area (TPSA) is 115 Å². The zero-order valence-electron chi connectivity index (χ0n) is 7.41. The molecule has 0 amide bonds. The van der Waals surface area contributed by atoms with Crippen LogP contribution in [0.1, 0.15) is 10.6 Å². The maximum atomic E-state index is 10.5. The second-order valence-electron chi connectivity index (χ2n) is 2.70. The van der Waals surface area contributed by atoms with Crippen molar-refractivity contribution < 1.29 is 14.4 Å². The summed E-state index contributed by atoms with van der Waals surface area (Å²) in [6.45, 7) is 0. The van der Waals surface area contributed by atoms with E-state index in [9.17, 15) is 4.79 Å². The minimum absolute atomic E-state index is 0.0986. The number of nitrogen functional groups attached to an aromatic ring is 1. The van der Waals surface area contributed by atoms with Gasteiger partial charge in [0.05, 0.1) is 0 Å². The molecule has 0 saturated heterocycles. The Balaban J connectivity index is 2.41. The fourth-order valence-corrected chi connectivity index (χ4v) is 1.01. The molecule has 0 aromatic carbocycles. The molecule has 0 unspecified atom stereocenters. The molecule has 76 valence electrons. The van der Waals surface area contributed by atoms with Crippen molar-refractivity contribution in [3.05, 3.63) is 24.2 Å². The van der Waals surface area contributed by atoms with Crippen LogP contribution in [0.3, 0.4) is 0 Å². The van der Waals surface area contributed by atoms with Crippen LogP contribution in [0.4, 0.5) is 5.82 Å². The Morgan fingerprint density at radius 2 is 2.33 bits per heavy atom. The second-order valence-corrected chi connectivity index (χ2v) is 2.70. The molecule has 0 spiro atoms. The van der Waals surface area contributed by atoms with Crippen LogP contribution in [0.2, 0.25) is 0 Å². The van der Waals surface area contributed by atoms with Gasteiger partial charge in [-0.3, -0.25) is 0 Å².